The molecule has 0 fully saturated rings. The first-order valence-electron chi connectivity index (χ1n) is 9.97. The van der Waals surface area contributed by atoms with Crippen LogP contribution < -0.4 is 4.90 Å². The zero-order valence-electron chi connectivity index (χ0n) is 17.5. The molecule has 2 heterocycles. The minimum Gasteiger partial charge on any atom is -0.361 e. The second-order valence-electron chi connectivity index (χ2n) is 7.57. The van der Waals surface area contributed by atoms with E-state index in [1.807, 2.05) is 13.8 Å². The van der Waals surface area contributed by atoms with Crippen LogP contribution in [0.2, 0.25) is 0 Å². The third-order valence-corrected chi connectivity index (χ3v) is 5.60. The van der Waals surface area contributed by atoms with Crippen molar-refractivity contribution in [1.82, 2.24) is 15.3 Å². The second-order valence-corrected chi connectivity index (χ2v) is 7.57. The van der Waals surface area contributed by atoms with Crippen LogP contribution in [0.4, 0.5) is 5.69 Å². The van der Waals surface area contributed by atoms with Crippen LogP contribution in [-0.2, 0) is 0 Å². The van der Waals surface area contributed by atoms with Gasteiger partial charge in [0, 0.05) is 29.4 Å². The summed E-state index contributed by atoms with van der Waals surface area (Å²) in [7, 11) is 0. The first-order valence-corrected chi connectivity index (χ1v) is 9.97. The molecule has 3 aromatic rings. The molecule has 0 saturated heterocycles. The first kappa shape index (κ1) is 19.2. The molecule has 2 atom stereocenters. The van der Waals surface area contributed by atoms with E-state index in [0.717, 1.165) is 35.0 Å². The summed E-state index contributed by atoms with van der Waals surface area (Å²) >= 11 is 0. The Labute approximate surface area is 170 Å². The molecule has 0 saturated carbocycles. The highest BCUT2D eigenvalue weighted by atomic mass is 16.5. The van der Waals surface area contributed by atoms with E-state index in [4.69, 9.17) is 9.05 Å². The Hall–Kier alpha value is -3.15. The maximum absolute atomic E-state index is 5.38. The van der Waals surface area contributed by atoms with Gasteiger partial charge in [0.2, 0.25) is 6.39 Å². The fourth-order valence-corrected chi connectivity index (χ4v) is 4.08. The van der Waals surface area contributed by atoms with Crippen LogP contribution in [0.15, 0.2) is 57.6 Å². The summed E-state index contributed by atoms with van der Waals surface area (Å²) in [5, 5.41) is 8.13. The van der Waals surface area contributed by atoms with Crippen molar-refractivity contribution < 1.29 is 9.05 Å². The van der Waals surface area contributed by atoms with Gasteiger partial charge in [-0.3, -0.25) is 0 Å². The van der Waals surface area contributed by atoms with Gasteiger partial charge in [0.25, 0.3) is 0 Å². The average Bonchev–Trinajstić information content (AvgIpc) is 3.34. The fraction of sp³-hybridized carbons (Fsp3) is 0.348. The lowest BCUT2D eigenvalue weighted by Gasteiger charge is -2.30. The lowest BCUT2D eigenvalue weighted by atomic mass is 9.88. The highest BCUT2D eigenvalue weighted by Gasteiger charge is 2.25. The van der Waals surface area contributed by atoms with E-state index in [0.29, 0.717) is 0 Å². The SMILES string of the molecule is CCN(C1=CC(C)C(c2ncon2)C=C1)c1cc(-c2c(C)noc2C)ccc1C. The van der Waals surface area contributed by atoms with Crippen molar-refractivity contribution in [3.63, 3.8) is 0 Å². The van der Waals surface area contributed by atoms with E-state index < -0.39 is 0 Å². The van der Waals surface area contributed by atoms with Crippen molar-refractivity contribution in [1.29, 1.82) is 0 Å². The number of aromatic nitrogens is 3. The van der Waals surface area contributed by atoms with E-state index in [-0.39, 0.29) is 11.8 Å². The van der Waals surface area contributed by atoms with Crippen molar-refractivity contribution in [3.8, 4) is 11.1 Å². The number of rotatable bonds is 5. The molecule has 0 spiro atoms. The highest BCUT2D eigenvalue weighted by Crippen LogP contribution is 2.36. The van der Waals surface area contributed by atoms with Gasteiger partial charge in [0.1, 0.15) is 5.76 Å². The van der Waals surface area contributed by atoms with Crippen molar-refractivity contribution in [2.45, 2.75) is 40.5 Å². The molecular formula is C23H26N4O2. The number of hydrogen-bond acceptors (Lipinski definition) is 6. The molecule has 1 aromatic carbocycles. The van der Waals surface area contributed by atoms with Gasteiger partial charge in [-0.1, -0.05) is 41.5 Å². The molecule has 0 bridgehead atoms. The van der Waals surface area contributed by atoms with E-state index >= 15 is 0 Å². The number of likely N-dealkylation sites (N-methyl/N-ethyl adjacent to an activating group) is 1. The molecule has 0 aliphatic heterocycles. The van der Waals surface area contributed by atoms with Crippen molar-refractivity contribution in [2.24, 2.45) is 5.92 Å². The van der Waals surface area contributed by atoms with Gasteiger partial charge < -0.3 is 13.9 Å². The Morgan fingerprint density at radius 1 is 1.14 bits per heavy atom. The van der Waals surface area contributed by atoms with Crippen molar-refractivity contribution in [2.75, 3.05) is 11.4 Å². The minimum absolute atomic E-state index is 0.131. The molecule has 0 N–H and O–H groups in total. The van der Waals surface area contributed by atoms with Gasteiger partial charge >= 0.3 is 0 Å². The van der Waals surface area contributed by atoms with Crippen LogP contribution in [0.25, 0.3) is 11.1 Å². The predicted molar refractivity (Wildman–Crippen MR) is 113 cm³/mol. The smallest absolute Gasteiger partial charge is 0.213 e. The first-order chi connectivity index (χ1) is 14.0. The van der Waals surface area contributed by atoms with Crippen LogP contribution in [0.1, 0.15) is 42.6 Å². The molecule has 2 aromatic heterocycles. The molecule has 29 heavy (non-hydrogen) atoms. The third kappa shape index (κ3) is 3.50. The molecule has 0 amide bonds. The Balaban J connectivity index is 1.69. The maximum atomic E-state index is 5.38. The number of anilines is 1. The van der Waals surface area contributed by atoms with Crippen LogP contribution in [0, 0.1) is 26.7 Å². The Morgan fingerprint density at radius 3 is 2.59 bits per heavy atom. The molecule has 2 unspecified atom stereocenters. The van der Waals surface area contributed by atoms with E-state index in [9.17, 15) is 0 Å². The van der Waals surface area contributed by atoms with Gasteiger partial charge in [-0.25, -0.2) is 0 Å². The number of nitrogens with zero attached hydrogens (tertiary/aromatic N) is 4. The maximum Gasteiger partial charge on any atom is 0.213 e. The molecule has 150 valence electrons. The number of benzene rings is 1. The monoisotopic (exact) mass is 390 g/mol. The highest BCUT2D eigenvalue weighted by molar-refractivity contribution is 5.74. The van der Waals surface area contributed by atoms with Crippen LogP contribution in [0.3, 0.4) is 0 Å². The lowest BCUT2D eigenvalue weighted by molar-refractivity contribution is 0.393. The quantitative estimate of drug-likeness (QED) is 0.585. The van der Waals surface area contributed by atoms with Gasteiger partial charge in [0.05, 0.1) is 5.69 Å². The normalized spacial score (nSPS) is 18.7. The van der Waals surface area contributed by atoms with Gasteiger partial charge in [-0.15, -0.1) is 0 Å². The van der Waals surface area contributed by atoms with Crippen molar-refractivity contribution in [3.05, 3.63) is 71.4 Å². The van der Waals surface area contributed by atoms with Gasteiger partial charge in [-0.05, 0) is 56.9 Å². The molecule has 4 rings (SSSR count). The Kier molecular flexibility index (Phi) is 5.09. The summed E-state index contributed by atoms with van der Waals surface area (Å²) in [6.45, 7) is 11.3. The molecule has 6 heteroatoms. The number of allylic oxidation sites excluding steroid dienone is 3. The van der Waals surface area contributed by atoms with Gasteiger partial charge in [0.15, 0.2) is 5.82 Å². The zero-order valence-corrected chi connectivity index (χ0v) is 17.5. The van der Waals surface area contributed by atoms with Crippen LogP contribution in [0.5, 0.6) is 0 Å². The average molecular weight is 390 g/mol. The van der Waals surface area contributed by atoms with Gasteiger partial charge in [-0.2, -0.15) is 4.98 Å². The Morgan fingerprint density at radius 2 is 1.97 bits per heavy atom. The summed E-state index contributed by atoms with van der Waals surface area (Å²) in [6, 6.07) is 6.53. The van der Waals surface area contributed by atoms with Crippen LogP contribution >= 0.6 is 0 Å². The second kappa shape index (κ2) is 7.70. The Bertz CT molecular complexity index is 1040. The third-order valence-electron chi connectivity index (χ3n) is 5.60. The zero-order chi connectivity index (χ0) is 20.5. The van der Waals surface area contributed by atoms with Crippen molar-refractivity contribution >= 4 is 5.69 Å². The largest absolute Gasteiger partial charge is 0.361 e. The minimum atomic E-state index is 0.131. The molecule has 1 aliphatic rings. The van der Waals surface area contributed by atoms with E-state index in [1.54, 1.807) is 0 Å². The molecule has 1 aliphatic carbocycles. The number of hydrogen-bond donors (Lipinski definition) is 0. The molecule has 0 radical (unpaired) electrons. The fourth-order valence-electron chi connectivity index (χ4n) is 4.08. The molecule has 6 nitrogen and oxygen atoms in total. The van der Waals surface area contributed by atoms with Crippen LogP contribution in [-0.4, -0.2) is 21.8 Å². The summed E-state index contributed by atoms with van der Waals surface area (Å²) in [4.78, 5) is 6.57. The lowest BCUT2D eigenvalue weighted by Crippen LogP contribution is -2.25. The van der Waals surface area contributed by atoms with E-state index in [1.165, 1.54) is 23.3 Å². The topological polar surface area (TPSA) is 68.2 Å². The summed E-state index contributed by atoms with van der Waals surface area (Å²) in [6.07, 6.45) is 8.00. The summed E-state index contributed by atoms with van der Waals surface area (Å²) in [5.74, 6) is 1.97. The summed E-state index contributed by atoms with van der Waals surface area (Å²) in [5.41, 5.74) is 6.70. The number of aryl methyl sites for hydroxylation is 3. The molecular weight excluding hydrogens is 364 g/mol. The van der Waals surface area contributed by atoms with E-state index in [2.05, 4.69) is 77.4 Å². The summed E-state index contributed by atoms with van der Waals surface area (Å²) < 4.78 is 10.3. The predicted octanol–water partition coefficient (Wildman–Crippen LogP) is 5.35. The standard InChI is InChI=1S/C23H26N4O2/c1-6-27(19-9-10-20(15(3)11-19)23-24-13-28-26-23)21-12-18(8-7-14(21)2)22-16(4)25-29-17(22)5/h7-13,15,20H,6H2,1-5H3.